The highest BCUT2D eigenvalue weighted by Gasteiger charge is 2.10. The van der Waals surface area contributed by atoms with Gasteiger partial charge in [0.1, 0.15) is 7.14 Å². The fourth-order valence-corrected chi connectivity index (χ4v) is 2.14. The summed E-state index contributed by atoms with van der Waals surface area (Å²) in [6.45, 7) is 4.21. The van der Waals surface area contributed by atoms with Crippen LogP contribution in [0.15, 0.2) is 24.3 Å². The highest BCUT2D eigenvalue weighted by atomic mass is 35.5. The van der Waals surface area contributed by atoms with Crippen molar-refractivity contribution < 1.29 is 4.57 Å². The zero-order valence-corrected chi connectivity index (χ0v) is 10.3. The minimum Gasteiger partial charge on any atom is -0.330 e. The first-order valence-electron chi connectivity index (χ1n) is 4.38. The molecule has 0 bridgehead atoms. The first-order chi connectivity index (χ1) is 6.04. The van der Waals surface area contributed by atoms with Gasteiger partial charge in [-0.25, -0.2) is 0 Å². The van der Waals surface area contributed by atoms with E-state index in [2.05, 4.69) is 0 Å². The Labute approximate surface area is 91.7 Å². The Bertz CT molecular complexity index is 335. The summed E-state index contributed by atoms with van der Waals surface area (Å²) < 4.78 is 11.7. The van der Waals surface area contributed by atoms with Crippen LogP contribution in [0.25, 0.3) is 0 Å². The lowest BCUT2D eigenvalue weighted by Gasteiger charge is -2.08. The van der Waals surface area contributed by atoms with E-state index in [0.717, 1.165) is 11.7 Å². The van der Waals surface area contributed by atoms with Crippen LogP contribution >= 0.6 is 19.5 Å². The minimum absolute atomic E-state index is 0. The minimum atomic E-state index is -2.11. The summed E-state index contributed by atoms with van der Waals surface area (Å²) in [6, 6.07) is 7.88. The van der Waals surface area contributed by atoms with Gasteiger partial charge in [-0.1, -0.05) is 18.2 Å². The fourth-order valence-electron chi connectivity index (χ4n) is 1.21. The van der Waals surface area contributed by atoms with Gasteiger partial charge in [0.05, 0.1) is 0 Å². The smallest absolute Gasteiger partial charge is 0.109 e. The molecule has 4 heteroatoms. The largest absolute Gasteiger partial charge is 0.330 e. The first kappa shape index (κ1) is 13.7. The lowest BCUT2D eigenvalue weighted by molar-refractivity contribution is 0.588. The number of benzene rings is 1. The van der Waals surface area contributed by atoms with E-state index in [4.69, 9.17) is 5.73 Å². The van der Waals surface area contributed by atoms with Gasteiger partial charge >= 0.3 is 0 Å². The van der Waals surface area contributed by atoms with Crippen molar-refractivity contribution in [3.05, 3.63) is 29.8 Å². The van der Waals surface area contributed by atoms with E-state index in [1.54, 1.807) is 13.3 Å². The monoisotopic (exact) mass is 233 g/mol. The molecule has 14 heavy (non-hydrogen) atoms. The van der Waals surface area contributed by atoms with Crippen molar-refractivity contribution in [2.24, 2.45) is 5.73 Å². The Hall–Kier alpha value is -0.300. The highest BCUT2D eigenvalue weighted by Crippen LogP contribution is 2.34. The molecule has 0 heterocycles. The molecule has 0 aliphatic rings. The maximum Gasteiger partial charge on any atom is 0.109 e. The summed E-state index contributed by atoms with van der Waals surface area (Å²) in [5.41, 5.74) is 6.62. The quantitative estimate of drug-likeness (QED) is 0.810. The van der Waals surface area contributed by atoms with Crippen LogP contribution in [0.5, 0.6) is 0 Å². The molecular formula is C10H17ClNOP. The van der Waals surface area contributed by atoms with Crippen LogP contribution in [0.4, 0.5) is 0 Å². The number of halogens is 1. The number of hydrogen-bond acceptors (Lipinski definition) is 2. The van der Waals surface area contributed by atoms with Gasteiger partial charge in [-0.2, -0.15) is 0 Å². The van der Waals surface area contributed by atoms with Gasteiger partial charge in [-0.05, 0) is 37.9 Å². The van der Waals surface area contributed by atoms with Gasteiger partial charge in [0.25, 0.3) is 0 Å². The van der Waals surface area contributed by atoms with E-state index in [1.807, 2.05) is 24.3 Å². The maximum absolute atomic E-state index is 11.7. The third-order valence-corrected chi connectivity index (χ3v) is 3.49. The standard InChI is InChI=1S/C10H16NOP.ClH/c1-13(2,12)10-5-3-4-9(8-10)6-7-11;/h3-5,8H,6-7,11H2,1-2H3;1H. The zero-order valence-electron chi connectivity index (χ0n) is 8.56. The zero-order chi connectivity index (χ0) is 9.90. The van der Waals surface area contributed by atoms with E-state index < -0.39 is 7.14 Å². The van der Waals surface area contributed by atoms with Crippen molar-refractivity contribution >= 4 is 24.9 Å². The van der Waals surface area contributed by atoms with Gasteiger partial charge in [0.2, 0.25) is 0 Å². The van der Waals surface area contributed by atoms with Crippen LogP contribution in [0.1, 0.15) is 5.56 Å². The first-order valence-corrected chi connectivity index (χ1v) is 6.98. The number of rotatable bonds is 3. The van der Waals surface area contributed by atoms with E-state index in [9.17, 15) is 4.57 Å². The van der Waals surface area contributed by atoms with E-state index in [-0.39, 0.29) is 12.4 Å². The summed E-state index contributed by atoms with van der Waals surface area (Å²) in [7, 11) is -2.11. The summed E-state index contributed by atoms with van der Waals surface area (Å²) in [5, 5.41) is 0.943. The molecule has 0 aliphatic heterocycles. The molecule has 0 aliphatic carbocycles. The molecule has 2 N–H and O–H groups in total. The third-order valence-electron chi connectivity index (χ3n) is 1.97. The van der Waals surface area contributed by atoms with E-state index in [1.165, 1.54) is 5.56 Å². The van der Waals surface area contributed by atoms with Crippen molar-refractivity contribution in [2.45, 2.75) is 6.42 Å². The molecule has 0 saturated heterocycles. The number of nitrogens with two attached hydrogens (primary N) is 1. The normalized spacial score (nSPS) is 10.8. The molecule has 0 unspecified atom stereocenters. The summed E-state index contributed by atoms with van der Waals surface area (Å²) >= 11 is 0. The average Bonchev–Trinajstić information content (AvgIpc) is 2.04. The van der Waals surface area contributed by atoms with E-state index in [0.29, 0.717) is 6.54 Å². The fraction of sp³-hybridized carbons (Fsp3) is 0.400. The van der Waals surface area contributed by atoms with Crippen LogP contribution in [0.3, 0.4) is 0 Å². The molecule has 0 saturated carbocycles. The Balaban J connectivity index is 0.00000169. The Morgan fingerprint density at radius 3 is 2.50 bits per heavy atom. The van der Waals surface area contributed by atoms with Crippen LogP contribution in [0, 0.1) is 0 Å². The lowest BCUT2D eigenvalue weighted by Crippen LogP contribution is -2.07. The topological polar surface area (TPSA) is 43.1 Å². The molecule has 0 spiro atoms. The molecule has 0 atom stereocenters. The highest BCUT2D eigenvalue weighted by molar-refractivity contribution is 7.70. The molecule has 0 radical (unpaired) electrons. The second-order valence-electron chi connectivity index (χ2n) is 3.56. The Morgan fingerprint density at radius 1 is 1.36 bits per heavy atom. The van der Waals surface area contributed by atoms with Crippen molar-refractivity contribution in [1.29, 1.82) is 0 Å². The molecule has 80 valence electrons. The molecule has 1 rings (SSSR count). The van der Waals surface area contributed by atoms with Gasteiger partial charge in [-0.15, -0.1) is 12.4 Å². The summed E-state index contributed by atoms with van der Waals surface area (Å²) in [6.07, 6.45) is 0.855. The molecule has 1 aromatic rings. The van der Waals surface area contributed by atoms with Crippen molar-refractivity contribution in [3.8, 4) is 0 Å². The Morgan fingerprint density at radius 2 is 2.00 bits per heavy atom. The summed E-state index contributed by atoms with van der Waals surface area (Å²) in [4.78, 5) is 0. The second-order valence-corrected chi connectivity index (χ2v) is 6.78. The van der Waals surface area contributed by atoms with E-state index >= 15 is 0 Å². The SMILES string of the molecule is CP(C)(=O)c1cccc(CCN)c1.Cl. The average molecular weight is 234 g/mol. The van der Waals surface area contributed by atoms with Gasteiger partial charge in [0, 0.05) is 5.30 Å². The molecule has 1 aromatic carbocycles. The van der Waals surface area contributed by atoms with Crippen molar-refractivity contribution in [2.75, 3.05) is 19.9 Å². The van der Waals surface area contributed by atoms with Crippen molar-refractivity contribution in [1.82, 2.24) is 0 Å². The predicted octanol–water partition coefficient (Wildman–Crippen LogP) is 1.86. The lowest BCUT2D eigenvalue weighted by atomic mass is 10.2. The van der Waals surface area contributed by atoms with Crippen LogP contribution in [0.2, 0.25) is 0 Å². The second kappa shape index (κ2) is 5.55. The molecular weight excluding hydrogens is 217 g/mol. The van der Waals surface area contributed by atoms with Crippen LogP contribution in [-0.4, -0.2) is 19.9 Å². The Kier molecular flexibility index (Phi) is 5.43. The van der Waals surface area contributed by atoms with Crippen LogP contribution < -0.4 is 11.0 Å². The molecule has 0 fully saturated rings. The molecule has 0 amide bonds. The molecule has 2 nitrogen and oxygen atoms in total. The van der Waals surface area contributed by atoms with Gasteiger partial charge in [-0.3, -0.25) is 0 Å². The number of hydrogen-bond donors (Lipinski definition) is 1. The molecule has 0 aromatic heterocycles. The van der Waals surface area contributed by atoms with Gasteiger partial charge in [0.15, 0.2) is 0 Å². The van der Waals surface area contributed by atoms with Gasteiger partial charge < -0.3 is 10.3 Å². The third kappa shape index (κ3) is 3.83. The maximum atomic E-state index is 11.7. The summed E-state index contributed by atoms with van der Waals surface area (Å²) in [5.74, 6) is 0. The van der Waals surface area contributed by atoms with Crippen LogP contribution in [-0.2, 0) is 11.0 Å². The van der Waals surface area contributed by atoms with Crippen molar-refractivity contribution in [3.63, 3.8) is 0 Å². The predicted molar refractivity (Wildman–Crippen MR) is 65.5 cm³/mol.